The van der Waals surface area contributed by atoms with Crippen molar-refractivity contribution >= 4 is 35.6 Å². The highest BCUT2D eigenvalue weighted by molar-refractivity contribution is 14.0. The van der Waals surface area contributed by atoms with E-state index in [0.717, 1.165) is 37.0 Å². The van der Waals surface area contributed by atoms with Gasteiger partial charge < -0.3 is 15.5 Å². The van der Waals surface area contributed by atoms with Crippen LogP contribution in [0.5, 0.6) is 0 Å². The second-order valence-electron chi connectivity index (χ2n) is 6.66. The molecule has 0 radical (unpaired) electrons. The molecule has 26 heavy (non-hydrogen) atoms. The van der Waals surface area contributed by atoms with Gasteiger partial charge in [0.05, 0.1) is 4.92 Å². The minimum Gasteiger partial charge on any atom is -0.356 e. The van der Waals surface area contributed by atoms with Crippen LogP contribution in [0.1, 0.15) is 31.7 Å². The summed E-state index contributed by atoms with van der Waals surface area (Å²) in [6.45, 7) is 7.23. The van der Waals surface area contributed by atoms with Gasteiger partial charge in [0, 0.05) is 32.3 Å². The van der Waals surface area contributed by atoms with Crippen molar-refractivity contribution in [1.29, 1.82) is 0 Å². The molecule has 0 unspecified atom stereocenters. The number of nitro benzene ring substituents is 1. The van der Waals surface area contributed by atoms with Crippen LogP contribution < -0.4 is 10.6 Å². The lowest BCUT2D eigenvalue weighted by atomic mass is 9.99. The Morgan fingerprint density at radius 3 is 2.73 bits per heavy atom. The van der Waals surface area contributed by atoms with Crippen molar-refractivity contribution in [3.63, 3.8) is 0 Å². The number of aliphatic imine (C=N–C) groups is 1. The van der Waals surface area contributed by atoms with E-state index in [-0.39, 0.29) is 34.6 Å². The summed E-state index contributed by atoms with van der Waals surface area (Å²) in [6.07, 6.45) is 3.69. The van der Waals surface area contributed by atoms with Crippen LogP contribution in [0.3, 0.4) is 0 Å². The molecule has 0 amide bonds. The molecule has 1 aliphatic heterocycles. The Balaban J connectivity index is 0.00000338. The van der Waals surface area contributed by atoms with Gasteiger partial charge in [-0.15, -0.1) is 24.0 Å². The SMILES string of the molecule is CN=C(NCCCN1CCC(C)CC1)NCc1cccc([N+](=O)[O-])c1.I. The van der Waals surface area contributed by atoms with E-state index in [1.54, 1.807) is 19.2 Å². The molecule has 1 aromatic carbocycles. The first-order chi connectivity index (χ1) is 12.1. The second-order valence-corrected chi connectivity index (χ2v) is 6.66. The Morgan fingerprint density at radius 1 is 1.35 bits per heavy atom. The van der Waals surface area contributed by atoms with E-state index >= 15 is 0 Å². The van der Waals surface area contributed by atoms with Gasteiger partial charge >= 0.3 is 0 Å². The number of likely N-dealkylation sites (tertiary alicyclic amines) is 1. The quantitative estimate of drug-likeness (QED) is 0.158. The number of benzene rings is 1. The van der Waals surface area contributed by atoms with Gasteiger partial charge in [0.15, 0.2) is 5.96 Å². The van der Waals surface area contributed by atoms with Gasteiger partial charge in [-0.25, -0.2) is 0 Å². The van der Waals surface area contributed by atoms with Gasteiger partial charge in [-0.2, -0.15) is 0 Å². The van der Waals surface area contributed by atoms with E-state index < -0.39 is 0 Å². The fraction of sp³-hybridized carbons (Fsp3) is 0.611. The largest absolute Gasteiger partial charge is 0.356 e. The molecule has 0 aromatic heterocycles. The van der Waals surface area contributed by atoms with Crippen LogP contribution in [-0.4, -0.2) is 49.0 Å². The van der Waals surface area contributed by atoms with Crippen molar-refractivity contribution in [3.05, 3.63) is 39.9 Å². The molecule has 1 saturated heterocycles. The highest BCUT2D eigenvalue weighted by Crippen LogP contribution is 2.15. The second kappa shape index (κ2) is 12.1. The van der Waals surface area contributed by atoms with Crippen LogP contribution in [0.4, 0.5) is 5.69 Å². The maximum absolute atomic E-state index is 10.8. The third-order valence-corrected chi connectivity index (χ3v) is 4.62. The van der Waals surface area contributed by atoms with Crippen molar-refractivity contribution in [2.24, 2.45) is 10.9 Å². The molecule has 2 N–H and O–H groups in total. The van der Waals surface area contributed by atoms with Crippen LogP contribution in [0.25, 0.3) is 0 Å². The van der Waals surface area contributed by atoms with Crippen LogP contribution >= 0.6 is 24.0 Å². The zero-order chi connectivity index (χ0) is 18.1. The molecule has 0 atom stereocenters. The molecular weight excluding hydrogens is 445 g/mol. The van der Waals surface area contributed by atoms with Crippen molar-refractivity contribution in [2.45, 2.75) is 32.7 Å². The highest BCUT2D eigenvalue weighted by Gasteiger charge is 2.14. The van der Waals surface area contributed by atoms with Crippen LogP contribution in [0.2, 0.25) is 0 Å². The van der Waals surface area contributed by atoms with E-state index in [4.69, 9.17) is 0 Å². The molecule has 0 bridgehead atoms. The summed E-state index contributed by atoms with van der Waals surface area (Å²) in [5, 5.41) is 17.3. The Bertz CT molecular complexity index is 589. The summed E-state index contributed by atoms with van der Waals surface area (Å²) in [5.74, 6) is 1.59. The number of hydrogen-bond donors (Lipinski definition) is 2. The minimum atomic E-state index is -0.377. The molecule has 1 aromatic rings. The van der Waals surface area contributed by atoms with Crippen LogP contribution in [-0.2, 0) is 6.54 Å². The lowest BCUT2D eigenvalue weighted by Gasteiger charge is -2.30. The number of rotatable bonds is 7. The van der Waals surface area contributed by atoms with E-state index in [0.29, 0.717) is 6.54 Å². The summed E-state index contributed by atoms with van der Waals surface area (Å²) in [7, 11) is 1.73. The molecular formula is C18H30IN5O2. The first-order valence-electron chi connectivity index (χ1n) is 8.98. The van der Waals surface area contributed by atoms with Crippen LogP contribution in [0.15, 0.2) is 29.3 Å². The van der Waals surface area contributed by atoms with Crippen LogP contribution in [0, 0.1) is 16.0 Å². The Labute approximate surface area is 172 Å². The molecule has 1 heterocycles. The fourth-order valence-electron chi connectivity index (χ4n) is 2.98. The first-order valence-corrected chi connectivity index (χ1v) is 8.98. The summed E-state index contributed by atoms with van der Waals surface area (Å²) in [6, 6.07) is 6.64. The molecule has 2 rings (SSSR count). The first kappa shape index (κ1) is 22.6. The van der Waals surface area contributed by atoms with Gasteiger partial charge in [0.25, 0.3) is 5.69 Å². The van der Waals surface area contributed by atoms with Gasteiger partial charge in [-0.1, -0.05) is 19.1 Å². The Kier molecular flexibility index (Phi) is 10.5. The van der Waals surface area contributed by atoms with Crippen molar-refractivity contribution in [3.8, 4) is 0 Å². The van der Waals surface area contributed by atoms with Crippen molar-refractivity contribution < 1.29 is 4.92 Å². The smallest absolute Gasteiger partial charge is 0.269 e. The lowest BCUT2D eigenvalue weighted by molar-refractivity contribution is -0.384. The molecule has 0 spiro atoms. The molecule has 1 fully saturated rings. The molecule has 7 nitrogen and oxygen atoms in total. The monoisotopic (exact) mass is 475 g/mol. The summed E-state index contributed by atoms with van der Waals surface area (Å²) in [5.41, 5.74) is 0.970. The predicted molar refractivity (Wildman–Crippen MR) is 116 cm³/mol. The van der Waals surface area contributed by atoms with E-state index in [1.165, 1.54) is 32.0 Å². The number of nitrogens with zero attached hydrogens (tertiary/aromatic N) is 3. The average Bonchev–Trinajstić information content (AvgIpc) is 2.63. The highest BCUT2D eigenvalue weighted by atomic mass is 127. The Morgan fingerprint density at radius 2 is 2.08 bits per heavy atom. The zero-order valence-electron chi connectivity index (χ0n) is 15.6. The van der Waals surface area contributed by atoms with E-state index in [1.807, 2.05) is 6.07 Å². The molecule has 0 aliphatic carbocycles. The maximum atomic E-state index is 10.8. The molecule has 0 saturated carbocycles. The van der Waals surface area contributed by atoms with Gasteiger partial charge in [0.1, 0.15) is 0 Å². The summed E-state index contributed by atoms with van der Waals surface area (Å²) < 4.78 is 0. The third-order valence-electron chi connectivity index (χ3n) is 4.62. The van der Waals surface area contributed by atoms with Crippen molar-refractivity contribution in [2.75, 3.05) is 33.2 Å². The molecule has 1 aliphatic rings. The number of non-ortho nitro benzene ring substituents is 1. The number of nitrogens with one attached hydrogen (secondary N) is 2. The minimum absolute atomic E-state index is 0. The zero-order valence-corrected chi connectivity index (χ0v) is 17.9. The average molecular weight is 475 g/mol. The number of hydrogen-bond acceptors (Lipinski definition) is 4. The normalized spacial score (nSPS) is 16.0. The number of piperidine rings is 1. The van der Waals surface area contributed by atoms with E-state index in [2.05, 4.69) is 27.4 Å². The number of guanidine groups is 1. The lowest BCUT2D eigenvalue weighted by Crippen LogP contribution is -2.39. The third kappa shape index (κ3) is 7.86. The predicted octanol–water partition coefficient (Wildman–Crippen LogP) is 3.00. The summed E-state index contributed by atoms with van der Waals surface area (Å²) in [4.78, 5) is 17.2. The van der Waals surface area contributed by atoms with Gasteiger partial charge in [-0.05, 0) is 50.4 Å². The van der Waals surface area contributed by atoms with Gasteiger partial charge in [0.2, 0.25) is 0 Å². The maximum Gasteiger partial charge on any atom is 0.269 e. The van der Waals surface area contributed by atoms with Crippen molar-refractivity contribution in [1.82, 2.24) is 15.5 Å². The number of nitro groups is 1. The molecule has 8 heteroatoms. The molecule has 146 valence electrons. The van der Waals surface area contributed by atoms with E-state index in [9.17, 15) is 10.1 Å². The van der Waals surface area contributed by atoms with Gasteiger partial charge in [-0.3, -0.25) is 15.1 Å². The fourth-order valence-corrected chi connectivity index (χ4v) is 2.98. The topological polar surface area (TPSA) is 82.8 Å². The number of halogens is 1. The Hall–Kier alpha value is -1.42. The summed E-state index contributed by atoms with van der Waals surface area (Å²) >= 11 is 0. The standard InChI is InChI=1S/C18H29N5O2.HI/c1-15-7-11-22(12-8-15)10-4-9-20-18(19-2)21-14-16-5-3-6-17(13-16)23(24)25;/h3,5-6,13,15H,4,7-12,14H2,1-2H3,(H2,19,20,21);1H.